The second kappa shape index (κ2) is 9.51. The van der Waals surface area contributed by atoms with E-state index in [1.54, 1.807) is 38.5 Å². The number of pyridine rings is 2. The van der Waals surface area contributed by atoms with Gasteiger partial charge in [-0.3, -0.25) is 0 Å². The third kappa shape index (κ3) is 4.01. The zero-order chi connectivity index (χ0) is 23.9. The van der Waals surface area contributed by atoms with Crippen molar-refractivity contribution >= 4 is 32.7 Å². The van der Waals surface area contributed by atoms with Gasteiger partial charge in [-0.15, -0.1) is 17.5 Å². The molecule has 0 atom stereocenters. The van der Waals surface area contributed by atoms with Crippen molar-refractivity contribution in [2.24, 2.45) is 0 Å². The van der Waals surface area contributed by atoms with Gasteiger partial charge < -0.3 is 23.9 Å². The number of para-hydroxylation sites is 2. The van der Waals surface area contributed by atoms with Gasteiger partial charge in [-0.05, 0) is 23.6 Å². The summed E-state index contributed by atoms with van der Waals surface area (Å²) in [6.07, 6.45) is 0. The molecule has 3 heterocycles. The Morgan fingerprint density at radius 3 is 2.50 bits per heavy atom. The topological polar surface area (TPSA) is 78.6 Å². The van der Waals surface area contributed by atoms with Crippen LogP contribution in [-0.4, -0.2) is 33.9 Å². The largest absolute Gasteiger partial charge is 0.506 e. The first-order chi connectivity index (χ1) is 17.1. The number of benzene rings is 3. The van der Waals surface area contributed by atoms with Crippen LogP contribution in [0.2, 0.25) is 0 Å². The maximum Gasteiger partial charge on any atom is 0.218 e. The molecule has 3 aromatic carbocycles. The van der Waals surface area contributed by atoms with Crippen LogP contribution in [0.4, 0.5) is 0 Å². The van der Waals surface area contributed by atoms with E-state index in [0.717, 1.165) is 27.2 Å². The molecule has 6 rings (SSSR count). The summed E-state index contributed by atoms with van der Waals surface area (Å²) in [4.78, 5) is 9.13. The average Bonchev–Trinajstić information content (AvgIpc) is 3.22. The Hall–Kier alpha value is -4.09. The molecule has 1 N–H and O–H groups in total. The maximum atomic E-state index is 10.2. The van der Waals surface area contributed by atoms with Gasteiger partial charge in [-0.2, -0.15) is 11.1 Å². The molecule has 0 saturated heterocycles. The fourth-order valence-corrected chi connectivity index (χ4v) is 4.26. The molecule has 0 saturated carbocycles. The van der Waals surface area contributed by atoms with Crippen LogP contribution >= 0.6 is 0 Å². The van der Waals surface area contributed by atoms with Gasteiger partial charge in [0.1, 0.15) is 22.8 Å². The third-order valence-corrected chi connectivity index (χ3v) is 5.88. The van der Waals surface area contributed by atoms with Crippen molar-refractivity contribution in [1.29, 1.82) is 0 Å². The molecule has 8 heteroatoms. The summed E-state index contributed by atoms with van der Waals surface area (Å²) < 4.78 is 18.9. The quantitative estimate of drug-likeness (QED) is 0.228. The first kappa shape index (κ1) is 23.6. The van der Waals surface area contributed by atoms with Crippen LogP contribution in [0.15, 0.2) is 78.9 Å². The Kier molecular flexibility index (Phi) is 6.25. The van der Waals surface area contributed by atoms with Crippen LogP contribution in [0.5, 0.6) is 29.0 Å². The predicted octanol–water partition coefficient (Wildman–Crippen LogP) is 6.04. The molecule has 0 bridgehead atoms. The van der Waals surface area contributed by atoms with E-state index in [9.17, 15) is 5.11 Å². The Labute approximate surface area is 221 Å². The number of fused-ring (bicyclic) bond motifs is 4. The number of phenolic OH excluding ortho intramolecular Hbond substituents is 1. The third-order valence-electron chi connectivity index (χ3n) is 5.88. The molecule has 0 unspecified atom stereocenters. The average molecular weight is 658 g/mol. The van der Waals surface area contributed by atoms with Gasteiger partial charge in [0.2, 0.25) is 11.8 Å². The van der Waals surface area contributed by atoms with Gasteiger partial charge in [0.05, 0.1) is 14.2 Å². The van der Waals surface area contributed by atoms with E-state index in [2.05, 4.69) is 22.1 Å². The second-order valence-corrected chi connectivity index (χ2v) is 7.95. The van der Waals surface area contributed by atoms with Crippen LogP contribution < -0.4 is 14.2 Å². The van der Waals surface area contributed by atoms with Crippen molar-refractivity contribution in [3.8, 4) is 34.8 Å². The summed E-state index contributed by atoms with van der Waals surface area (Å²) >= 11 is 0. The fourth-order valence-electron chi connectivity index (χ4n) is 4.26. The summed E-state index contributed by atoms with van der Waals surface area (Å²) in [7, 11) is 3.18. The SMILES string of the molecule is COc1cc(OC)nc(-n2c3[c-]c(Oc4ccc5cccc(O)c5n4)ccc3c3ccccc32)c1.[Pt]. The molecule has 7 nitrogen and oxygen atoms in total. The number of nitrogens with zero attached hydrogens (tertiary/aromatic N) is 3. The minimum Gasteiger partial charge on any atom is -0.506 e. The molecule has 0 amide bonds. The van der Waals surface area contributed by atoms with Gasteiger partial charge in [0.25, 0.3) is 0 Å². The summed E-state index contributed by atoms with van der Waals surface area (Å²) in [6.45, 7) is 0. The predicted molar refractivity (Wildman–Crippen MR) is 134 cm³/mol. The monoisotopic (exact) mass is 657 g/mol. The summed E-state index contributed by atoms with van der Waals surface area (Å²) in [5, 5.41) is 13.1. The van der Waals surface area contributed by atoms with E-state index in [4.69, 9.17) is 14.2 Å². The van der Waals surface area contributed by atoms with Crippen molar-refractivity contribution < 1.29 is 40.4 Å². The Balaban J connectivity index is 0.00000267. The second-order valence-electron chi connectivity index (χ2n) is 7.95. The van der Waals surface area contributed by atoms with Crippen LogP contribution in [0.25, 0.3) is 38.5 Å². The molecule has 0 aliphatic carbocycles. The maximum absolute atomic E-state index is 10.2. The minimum atomic E-state index is 0. The zero-order valence-corrected chi connectivity index (χ0v) is 21.6. The zero-order valence-electron chi connectivity index (χ0n) is 19.3. The molecular weight excluding hydrogens is 637 g/mol. The molecule has 0 radical (unpaired) electrons. The number of phenols is 1. The van der Waals surface area contributed by atoms with E-state index >= 15 is 0 Å². The van der Waals surface area contributed by atoms with E-state index in [-0.39, 0.29) is 26.8 Å². The number of hydrogen-bond donors (Lipinski definition) is 1. The van der Waals surface area contributed by atoms with Gasteiger partial charge in [-0.25, -0.2) is 4.98 Å². The number of aromatic nitrogens is 3. The Morgan fingerprint density at radius 1 is 0.806 bits per heavy atom. The summed E-state index contributed by atoms with van der Waals surface area (Å²) in [5.41, 5.74) is 2.23. The van der Waals surface area contributed by atoms with Gasteiger partial charge in [-0.1, -0.05) is 35.8 Å². The standard InChI is InChI=1S/C28H20N3O4.Pt/c1-33-19-15-25(29-27(16-19)34-2)31-22-8-4-3-7-20(22)21-12-11-18(14-23(21)31)35-26-13-10-17-6-5-9-24(32)28(17)30-26;/h3-13,15-16,32H,1-2H3;/q-1;. The van der Waals surface area contributed by atoms with Gasteiger partial charge >= 0.3 is 0 Å². The van der Waals surface area contributed by atoms with Crippen LogP contribution in [-0.2, 0) is 21.1 Å². The van der Waals surface area contributed by atoms with Crippen LogP contribution in [0.3, 0.4) is 0 Å². The molecule has 36 heavy (non-hydrogen) atoms. The number of ether oxygens (including phenoxy) is 3. The number of aromatic hydroxyl groups is 1. The van der Waals surface area contributed by atoms with Gasteiger partial charge in [0, 0.05) is 55.9 Å². The van der Waals surface area contributed by atoms with E-state index in [1.165, 1.54) is 0 Å². The molecule has 182 valence electrons. The van der Waals surface area contributed by atoms with Gasteiger partial charge in [0.15, 0.2) is 0 Å². The normalized spacial score (nSPS) is 10.9. The van der Waals surface area contributed by atoms with Crippen molar-refractivity contribution in [2.45, 2.75) is 0 Å². The smallest absolute Gasteiger partial charge is 0.218 e. The molecular formula is C28H20N3O4Pt-. The van der Waals surface area contributed by atoms with Crippen molar-refractivity contribution in [3.05, 3.63) is 84.9 Å². The molecule has 0 aliphatic heterocycles. The Morgan fingerprint density at radius 2 is 1.67 bits per heavy atom. The minimum absolute atomic E-state index is 0. The van der Waals surface area contributed by atoms with Crippen LogP contribution in [0.1, 0.15) is 0 Å². The molecule has 0 fully saturated rings. The van der Waals surface area contributed by atoms with Crippen molar-refractivity contribution in [2.75, 3.05) is 14.2 Å². The Bertz CT molecular complexity index is 1710. The van der Waals surface area contributed by atoms with E-state index in [0.29, 0.717) is 34.6 Å². The summed E-state index contributed by atoms with van der Waals surface area (Å²) in [6, 6.07) is 27.8. The molecule has 0 spiro atoms. The van der Waals surface area contributed by atoms with Crippen molar-refractivity contribution in [3.63, 3.8) is 0 Å². The van der Waals surface area contributed by atoms with Crippen molar-refractivity contribution in [1.82, 2.24) is 14.5 Å². The first-order valence-electron chi connectivity index (χ1n) is 11.0. The number of methoxy groups -OCH3 is 2. The van der Waals surface area contributed by atoms with E-state index < -0.39 is 0 Å². The number of hydrogen-bond acceptors (Lipinski definition) is 6. The first-order valence-corrected chi connectivity index (χ1v) is 11.0. The molecule has 6 aromatic rings. The molecule has 3 aromatic heterocycles. The fraction of sp³-hybridized carbons (Fsp3) is 0.0714. The molecule has 0 aliphatic rings. The van der Waals surface area contributed by atoms with E-state index in [1.807, 2.05) is 53.1 Å². The number of rotatable bonds is 5. The van der Waals surface area contributed by atoms with Crippen LogP contribution in [0, 0.1) is 6.07 Å². The summed E-state index contributed by atoms with van der Waals surface area (Å²) in [5.74, 6) is 2.65.